The zero-order valence-electron chi connectivity index (χ0n) is 11.8. The molecule has 2 heterocycles. The average molecular weight is 307 g/mol. The van der Waals surface area contributed by atoms with Crippen LogP contribution < -0.4 is 0 Å². The van der Waals surface area contributed by atoms with Crippen molar-refractivity contribution in [3.05, 3.63) is 35.2 Å². The second-order valence-corrected chi connectivity index (χ2v) is 5.81. The third-order valence-electron chi connectivity index (χ3n) is 3.44. The van der Waals surface area contributed by atoms with Gasteiger partial charge in [0.2, 0.25) is 0 Å². The number of aromatic nitrogens is 3. The Bertz CT molecular complexity index is 864. The predicted molar refractivity (Wildman–Crippen MR) is 82.2 cm³/mol. The summed E-state index contributed by atoms with van der Waals surface area (Å²) in [6, 6.07) is 7.53. The smallest absolute Gasteiger partial charge is 0.316 e. The van der Waals surface area contributed by atoms with Crippen molar-refractivity contribution in [2.24, 2.45) is 5.92 Å². The van der Waals surface area contributed by atoms with E-state index in [1.807, 2.05) is 38.1 Å². The fraction of sp³-hybridized carbons (Fsp3) is 0.333. The number of hydrogen-bond acceptors (Lipinski definition) is 2. The Hall–Kier alpha value is -1.82. The molecule has 0 aliphatic rings. The van der Waals surface area contributed by atoms with Gasteiger partial charge in [-0.3, -0.25) is 9.55 Å². The first kappa shape index (κ1) is 14.1. The Morgan fingerprint density at radius 3 is 2.62 bits per heavy atom. The highest BCUT2D eigenvalue weighted by Gasteiger charge is 2.19. The molecule has 6 heteroatoms. The summed E-state index contributed by atoms with van der Waals surface area (Å²) in [5.41, 5.74) is 1.90. The van der Waals surface area contributed by atoms with Crippen LogP contribution in [0.5, 0.6) is 0 Å². The van der Waals surface area contributed by atoms with Gasteiger partial charge in [0.05, 0.1) is 22.7 Å². The highest BCUT2D eigenvalue weighted by atomic mass is 32.1. The number of para-hydroxylation sites is 1. The first-order valence-corrected chi connectivity index (χ1v) is 7.18. The van der Waals surface area contributed by atoms with Gasteiger partial charge in [-0.05, 0) is 24.2 Å². The number of halogens is 2. The van der Waals surface area contributed by atoms with Crippen molar-refractivity contribution in [2.75, 3.05) is 0 Å². The molecule has 0 saturated heterocycles. The molecule has 0 unspecified atom stereocenters. The Morgan fingerprint density at radius 1 is 1.24 bits per heavy atom. The number of pyridine rings is 1. The molecule has 0 bridgehead atoms. The molecule has 0 fully saturated rings. The monoisotopic (exact) mass is 307 g/mol. The van der Waals surface area contributed by atoms with E-state index >= 15 is 0 Å². The van der Waals surface area contributed by atoms with E-state index in [0.717, 1.165) is 21.0 Å². The van der Waals surface area contributed by atoms with Gasteiger partial charge >= 0.3 is 6.55 Å². The number of nitrogens with zero attached hydrogens (tertiary/aromatic N) is 3. The zero-order chi connectivity index (χ0) is 15.1. The molecule has 21 heavy (non-hydrogen) atoms. The second-order valence-electron chi connectivity index (χ2n) is 5.44. The minimum absolute atomic E-state index is 0.145. The second kappa shape index (κ2) is 5.18. The van der Waals surface area contributed by atoms with E-state index < -0.39 is 6.55 Å². The largest absolute Gasteiger partial charge is 0.321 e. The lowest BCUT2D eigenvalue weighted by Crippen LogP contribution is -2.06. The van der Waals surface area contributed by atoms with Crippen LogP contribution in [0.4, 0.5) is 8.78 Å². The van der Waals surface area contributed by atoms with E-state index in [2.05, 4.69) is 4.98 Å². The Kier molecular flexibility index (Phi) is 3.49. The molecule has 0 saturated carbocycles. The molecule has 1 aromatic carbocycles. The van der Waals surface area contributed by atoms with Gasteiger partial charge in [-0.2, -0.15) is 8.78 Å². The molecule has 3 nitrogen and oxygen atoms in total. The van der Waals surface area contributed by atoms with Crippen LogP contribution in [0.15, 0.2) is 30.5 Å². The zero-order valence-corrected chi connectivity index (χ0v) is 12.6. The molecule has 0 radical (unpaired) electrons. The van der Waals surface area contributed by atoms with Gasteiger partial charge in [0.25, 0.3) is 0 Å². The third kappa shape index (κ3) is 2.23. The molecule has 0 spiro atoms. The van der Waals surface area contributed by atoms with Crippen molar-refractivity contribution in [3.8, 4) is 0 Å². The van der Waals surface area contributed by atoms with Crippen molar-refractivity contribution in [1.82, 2.24) is 14.1 Å². The number of benzene rings is 1. The molecule has 2 aromatic heterocycles. The van der Waals surface area contributed by atoms with Crippen molar-refractivity contribution < 1.29 is 8.78 Å². The first-order valence-electron chi connectivity index (χ1n) is 6.77. The molecule has 110 valence electrons. The number of alkyl halides is 2. The summed E-state index contributed by atoms with van der Waals surface area (Å²) in [7, 11) is 0. The molecular weight excluding hydrogens is 292 g/mol. The van der Waals surface area contributed by atoms with Crippen molar-refractivity contribution >= 4 is 34.2 Å². The topological polar surface area (TPSA) is 22.8 Å². The molecule has 0 N–H and O–H groups in total. The maximum Gasteiger partial charge on any atom is 0.321 e. The van der Waals surface area contributed by atoms with Gasteiger partial charge < -0.3 is 4.57 Å². The average Bonchev–Trinajstić information content (AvgIpc) is 2.71. The summed E-state index contributed by atoms with van der Waals surface area (Å²) in [6.45, 7) is 2.01. The Morgan fingerprint density at radius 2 is 1.95 bits per heavy atom. The van der Waals surface area contributed by atoms with E-state index in [1.165, 1.54) is 6.20 Å². The van der Waals surface area contributed by atoms with Crippen molar-refractivity contribution in [2.45, 2.75) is 26.9 Å². The summed E-state index contributed by atoms with van der Waals surface area (Å²) in [4.78, 5) is 4.27. The van der Waals surface area contributed by atoms with Crippen LogP contribution in [0.3, 0.4) is 0 Å². The highest BCUT2D eigenvalue weighted by Crippen LogP contribution is 2.29. The van der Waals surface area contributed by atoms with E-state index in [0.29, 0.717) is 18.0 Å². The molecule has 0 aliphatic heterocycles. The fourth-order valence-corrected chi connectivity index (χ4v) is 2.97. The summed E-state index contributed by atoms with van der Waals surface area (Å²) in [5.74, 6) is 0.306. The van der Waals surface area contributed by atoms with Gasteiger partial charge in [-0.1, -0.05) is 32.0 Å². The summed E-state index contributed by atoms with van der Waals surface area (Å²) in [5, 5.41) is 0.848. The lowest BCUT2D eigenvalue weighted by Gasteiger charge is -2.08. The minimum atomic E-state index is -2.67. The van der Waals surface area contributed by atoms with Crippen LogP contribution in [0.25, 0.3) is 21.9 Å². The van der Waals surface area contributed by atoms with Crippen LogP contribution in [-0.4, -0.2) is 14.1 Å². The van der Waals surface area contributed by atoms with Gasteiger partial charge in [0, 0.05) is 11.9 Å². The van der Waals surface area contributed by atoms with Gasteiger partial charge in [0.1, 0.15) is 0 Å². The molecule has 3 rings (SSSR count). The van der Waals surface area contributed by atoms with Crippen LogP contribution >= 0.6 is 12.2 Å². The van der Waals surface area contributed by atoms with E-state index in [-0.39, 0.29) is 4.77 Å². The summed E-state index contributed by atoms with van der Waals surface area (Å²) >= 11 is 5.27. The molecular formula is C15H15F2N3S. The van der Waals surface area contributed by atoms with Crippen LogP contribution in [-0.2, 0) is 6.54 Å². The third-order valence-corrected chi connectivity index (χ3v) is 3.85. The van der Waals surface area contributed by atoms with Gasteiger partial charge in [0.15, 0.2) is 4.77 Å². The lowest BCUT2D eigenvalue weighted by atomic mass is 10.1. The maximum atomic E-state index is 13.4. The van der Waals surface area contributed by atoms with Crippen LogP contribution in [0.2, 0.25) is 0 Å². The van der Waals surface area contributed by atoms with E-state index in [9.17, 15) is 8.78 Å². The van der Waals surface area contributed by atoms with Gasteiger partial charge in [-0.15, -0.1) is 0 Å². The minimum Gasteiger partial charge on any atom is -0.316 e. The standard InChI is InChI=1S/C15H15F2N3S/c1-9(2)8-19-13-10-5-3-4-6-11(10)18-7-12(13)20(14(16)17)15(19)21/h3-7,9,14H,8H2,1-2H3. The van der Waals surface area contributed by atoms with Crippen LogP contribution in [0.1, 0.15) is 20.4 Å². The quantitative estimate of drug-likeness (QED) is 0.650. The maximum absolute atomic E-state index is 13.4. The molecule has 3 aromatic rings. The Balaban J connectivity index is 2.49. The number of hydrogen-bond donors (Lipinski definition) is 0. The van der Waals surface area contributed by atoms with Crippen molar-refractivity contribution in [3.63, 3.8) is 0 Å². The Labute approximate surface area is 125 Å². The fourth-order valence-electron chi connectivity index (χ4n) is 2.63. The first-order chi connectivity index (χ1) is 10.0. The van der Waals surface area contributed by atoms with Gasteiger partial charge in [-0.25, -0.2) is 0 Å². The highest BCUT2D eigenvalue weighted by molar-refractivity contribution is 7.71. The summed E-state index contributed by atoms with van der Waals surface area (Å²) in [6.07, 6.45) is 1.48. The lowest BCUT2D eigenvalue weighted by molar-refractivity contribution is 0.0722. The normalized spacial score (nSPS) is 12.1. The van der Waals surface area contributed by atoms with E-state index in [1.54, 1.807) is 4.57 Å². The molecule has 0 amide bonds. The summed E-state index contributed by atoms with van der Waals surface area (Å²) < 4.78 is 29.6. The number of rotatable bonds is 3. The van der Waals surface area contributed by atoms with E-state index in [4.69, 9.17) is 12.2 Å². The van der Waals surface area contributed by atoms with Crippen LogP contribution in [0, 0.1) is 10.7 Å². The molecule has 0 aliphatic carbocycles. The molecule has 0 atom stereocenters. The SMILES string of the molecule is CC(C)Cn1c(=S)n(C(F)F)c2cnc3ccccc3c21. The number of imidazole rings is 1. The predicted octanol–water partition coefficient (Wildman–Crippen LogP) is 4.77. The number of fused-ring (bicyclic) bond motifs is 3. The van der Waals surface area contributed by atoms with Crippen molar-refractivity contribution in [1.29, 1.82) is 0 Å².